The van der Waals surface area contributed by atoms with Crippen LogP contribution in [0.1, 0.15) is 24.2 Å². The Morgan fingerprint density at radius 3 is 2.69 bits per heavy atom. The number of piperidine rings is 1. The summed E-state index contributed by atoms with van der Waals surface area (Å²) >= 11 is 0. The molecule has 1 aliphatic rings. The minimum Gasteiger partial charge on any atom is -0.382 e. The molecule has 9 heteroatoms. The summed E-state index contributed by atoms with van der Waals surface area (Å²) in [6.07, 6.45) is -0.495. The number of nitrogens with one attached hydrogen (secondary N) is 3. The number of benzene rings is 1. The van der Waals surface area contributed by atoms with E-state index in [0.29, 0.717) is 24.0 Å². The molecule has 1 fully saturated rings. The Labute approximate surface area is 184 Å². The molecular weight excluding hydrogens is 417 g/mol. The number of hydrogen-bond acceptors (Lipinski definition) is 5. The van der Waals surface area contributed by atoms with Gasteiger partial charge in [0.15, 0.2) is 0 Å². The van der Waals surface area contributed by atoms with Crippen molar-refractivity contribution in [3.8, 4) is 0 Å². The van der Waals surface area contributed by atoms with Gasteiger partial charge in [-0.25, -0.2) is 0 Å². The van der Waals surface area contributed by atoms with E-state index in [1.807, 2.05) is 12.1 Å². The van der Waals surface area contributed by atoms with Crippen molar-refractivity contribution < 1.29 is 13.2 Å². The number of rotatable bonds is 7. The summed E-state index contributed by atoms with van der Waals surface area (Å²) < 4.78 is 40.7. The summed E-state index contributed by atoms with van der Waals surface area (Å²) in [7, 11) is 2.10. The molecule has 3 N–H and O–H groups in total. The van der Waals surface area contributed by atoms with Crippen molar-refractivity contribution >= 4 is 27.9 Å². The summed E-state index contributed by atoms with van der Waals surface area (Å²) in [6, 6.07) is 9.33. The molecule has 3 aromatic rings. The van der Waals surface area contributed by atoms with Crippen LogP contribution in [0.2, 0.25) is 0 Å². The third-order valence-electron chi connectivity index (χ3n) is 5.83. The Kier molecular flexibility index (Phi) is 6.36. The molecule has 3 heterocycles. The highest BCUT2D eigenvalue weighted by Gasteiger charge is 2.35. The zero-order valence-electron chi connectivity index (χ0n) is 18.0. The van der Waals surface area contributed by atoms with Crippen molar-refractivity contribution in [1.82, 2.24) is 20.1 Å². The number of H-pyrrole nitrogens is 1. The van der Waals surface area contributed by atoms with E-state index >= 15 is 0 Å². The topological polar surface area (TPSA) is 68.9 Å². The van der Waals surface area contributed by atoms with Crippen LogP contribution in [0.4, 0.5) is 24.7 Å². The lowest BCUT2D eigenvalue weighted by atomic mass is 10.00. The summed E-state index contributed by atoms with van der Waals surface area (Å²) in [6.45, 7) is 5.80. The molecule has 6 nitrogen and oxygen atoms in total. The predicted octanol–water partition coefficient (Wildman–Crippen LogP) is 4.69. The molecule has 2 aromatic heterocycles. The molecule has 0 spiro atoms. The summed E-state index contributed by atoms with van der Waals surface area (Å²) in [5.41, 5.74) is 0.363. The Bertz CT molecular complexity index is 1070. The van der Waals surface area contributed by atoms with Gasteiger partial charge in [-0.05, 0) is 51.2 Å². The van der Waals surface area contributed by atoms with E-state index in [1.54, 1.807) is 24.4 Å². The third-order valence-corrected chi connectivity index (χ3v) is 5.83. The molecule has 32 heavy (non-hydrogen) atoms. The summed E-state index contributed by atoms with van der Waals surface area (Å²) in [5.74, 6) is 0.746. The maximum Gasteiger partial charge on any atom is 0.417 e. The van der Waals surface area contributed by atoms with Gasteiger partial charge in [-0.1, -0.05) is 18.7 Å². The number of allylic oxidation sites excluding steroid dienone is 1. The summed E-state index contributed by atoms with van der Waals surface area (Å²) in [4.78, 5) is 6.64. The number of alkyl halides is 3. The number of aromatic amines is 1. The molecule has 0 bridgehead atoms. The molecule has 0 amide bonds. The minimum absolute atomic E-state index is 0.112. The van der Waals surface area contributed by atoms with Crippen molar-refractivity contribution in [3.05, 3.63) is 54.5 Å². The molecule has 0 saturated carbocycles. The first kappa shape index (κ1) is 22.1. The molecule has 1 saturated heterocycles. The fourth-order valence-electron chi connectivity index (χ4n) is 4.00. The molecule has 1 aromatic carbocycles. The Morgan fingerprint density at radius 2 is 2.00 bits per heavy atom. The van der Waals surface area contributed by atoms with Crippen molar-refractivity contribution in [3.63, 3.8) is 0 Å². The number of anilines is 2. The van der Waals surface area contributed by atoms with Crippen LogP contribution in [0.3, 0.4) is 0 Å². The number of halogens is 3. The molecule has 0 aliphatic carbocycles. The largest absolute Gasteiger partial charge is 0.417 e. The highest BCUT2D eigenvalue weighted by molar-refractivity contribution is 6.00. The normalized spacial score (nSPS) is 15.8. The molecular formula is C23H27F3N6. The van der Waals surface area contributed by atoms with Crippen molar-refractivity contribution in [2.24, 2.45) is 0 Å². The van der Waals surface area contributed by atoms with Crippen LogP contribution < -0.4 is 10.6 Å². The fraction of sp³-hybridized carbons (Fsp3) is 0.391. The Balaban J connectivity index is 1.67. The van der Waals surface area contributed by atoms with Gasteiger partial charge in [0.1, 0.15) is 5.82 Å². The highest BCUT2D eigenvalue weighted by atomic mass is 19.4. The van der Waals surface area contributed by atoms with Crippen molar-refractivity contribution in [2.75, 3.05) is 37.3 Å². The van der Waals surface area contributed by atoms with Gasteiger partial charge in [0.25, 0.3) is 0 Å². The lowest BCUT2D eigenvalue weighted by Crippen LogP contribution is -2.36. The second kappa shape index (κ2) is 9.20. The lowest BCUT2D eigenvalue weighted by molar-refractivity contribution is -0.0688. The van der Waals surface area contributed by atoms with Gasteiger partial charge in [-0.2, -0.15) is 18.3 Å². The van der Waals surface area contributed by atoms with Gasteiger partial charge in [-0.15, -0.1) is 0 Å². The SMILES string of the molecule is C=C(c1nc(CCNc2ccn[nH]2)cc2c(NC3CCN(C)CC3)cccc12)C(F)(F)F. The van der Waals surface area contributed by atoms with Gasteiger partial charge in [0.2, 0.25) is 0 Å². The second-order valence-electron chi connectivity index (χ2n) is 8.21. The van der Waals surface area contributed by atoms with Crippen molar-refractivity contribution in [1.29, 1.82) is 0 Å². The molecule has 0 atom stereocenters. The molecule has 4 rings (SSSR count). The van der Waals surface area contributed by atoms with Crippen LogP contribution in [0.15, 0.2) is 43.1 Å². The maximum atomic E-state index is 13.6. The van der Waals surface area contributed by atoms with E-state index in [1.165, 1.54) is 0 Å². The average Bonchev–Trinajstić information content (AvgIpc) is 3.27. The minimum atomic E-state index is -4.55. The smallest absolute Gasteiger partial charge is 0.382 e. The van der Waals surface area contributed by atoms with Gasteiger partial charge < -0.3 is 15.5 Å². The first-order valence-electron chi connectivity index (χ1n) is 10.7. The average molecular weight is 445 g/mol. The highest BCUT2D eigenvalue weighted by Crippen LogP contribution is 2.37. The predicted molar refractivity (Wildman–Crippen MR) is 122 cm³/mol. The number of likely N-dealkylation sites (tertiary alicyclic amines) is 1. The number of pyridine rings is 1. The Hall–Kier alpha value is -3.07. The zero-order chi connectivity index (χ0) is 22.7. The van der Waals surface area contributed by atoms with Crippen LogP contribution in [-0.2, 0) is 6.42 Å². The molecule has 0 radical (unpaired) electrons. The van der Waals surface area contributed by atoms with Crippen molar-refractivity contribution in [2.45, 2.75) is 31.5 Å². The van der Waals surface area contributed by atoms with E-state index in [2.05, 4.69) is 44.3 Å². The van der Waals surface area contributed by atoms with E-state index in [9.17, 15) is 13.2 Å². The van der Waals surface area contributed by atoms with E-state index in [0.717, 1.165) is 42.8 Å². The second-order valence-corrected chi connectivity index (χ2v) is 8.21. The monoisotopic (exact) mass is 444 g/mol. The van der Waals surface area contributed by atoms with Crippen LogP contribution in [-0.4, -0.2) is 59.0 Å². The molecule has 170 valence electrons. The standard InChI is InChI=1S/C23H27F3N6/c1-15(23(24,25)26)22-18-4-3-5-20(29-16-8-12-32(2)13-9-16)19(18)14-17(30-22)6-10-27-21-7-11-28-31-21/h3-5,7,11,14,16,29H,1,6,8-10,12-13H2,2H3,(H2,27,28,31). The summed E-state index contributed by atoms with van der Waals surface area (Å²) in [5, 5.41) is 14.6. The van der Waals surface area contributed by atoms with E-state index in [4.69, 9.17) is 0 Å². The van der Waals surface area contributed by atoms with Gasteiger partial charge in [0, 0.05) is 41.2 Å². The van der Waals surface area contributed by atoms with Gasteiger partial charge in [-0.3, -0.25) is 10.1 Å². The van der Waals surface area contributed by atoms with E-state index in [-0.39, 0.29) is 11.7 Å². The quantitative estimate of drug-likeness (QED) is 0.493. The van der Waals surface area contributed by atoms with Crippen LogP contribution in [0.25, 0.3) is 16.3 Å². The lowest BCUT2D eigenvalue weighted by Gasteiger charge is -2.30. The molecule has 1 aliphatic heterocycles. The number of fused-ring (bicyclic) bond motifs is 1. The zero-order valence-corrected chi connectivity index (χ0v) is 18.0. The van der Waals surface area contributed by atoms with Gasteiger partial charge >= 0.3 is 6.18 Å². The number of hydrogen-bond donors (Lipinski definition) is 3. The van der Waals surface area contributed by atoms with Crippen LogP contribution in [0.5, 0.6) is 0 Å². The maximum absolute atomic E-state index is 13.6. The Morgan fingerprint density at radius 1 is 1.22 bits per heavy atom. The van der Waals surface area contributed by atoms with Gasteiger partial charge in [0.05, 0.1) is 17.5 Å². The first-order valence-corrected chi connectivity index (χ1v) is 10.7. The van der Waals surface area contributed by atoms with Crippen LogP contribution >= 0.6 is 0 Å². The first-order chi connectivity index (χ1) is 15.3. The van der Waals surface area contributed by atoms with E-state index < -0.39 is 11.7 Å². The number of nitrogens with zero attached hydrogens (tertiary/aromatic N) is 3. The fourth-order valence-corrected chi connectivity index (χ4v) is 4.00. The number of aromatic nitrogens is 3. The molecule has 0 unspecified atom stereocenters. The van der Waals surface area contributed by atoms with Crippen LogP contribution in [0, 0.1) is 0 Å². The third kappa shape index (κ3) is 5.04.